The van der Waals surface area contributed by atoms with Crippen LogP contribution in [0, 0.1) is 13.8 Å². The van der Waals surface area contributed by atoms with E-state index in [0.29, 0.717) is 19.4 Å². The van der Waals surface area contributed by atoms with Crippen molar-refractivity contribution in [3.63, 3.8) is 0 Å². The van der Waals surface area contributed by atoms with Crippen molar-refractivity contribution >= 4 is 28.0 Å². The number of aromatic nitrogens is 3. The molecule has 4 rings (SSSR count). The van der Waals surface area contributed by atoms with E-state index in [9.17, 15) is 4.79 Å². The Morgan fingerprint density at radius 2 is 1.96 bits per heavy atom. The van der Waals surface area contributed by atoms with Crippen LogP contribution >= 0.6 is 11.3 Å². The summed E-state index contributed by atoms with van der Waals surface area (Å²) in [6.07, 6.45) is 1.09. The Kier molecular flexibility index (Phi) is 5.21. The van der Waals surface area contributed by atoms with Crippen molar-refractivity contribution in [2.24, 2.45) is 0 Å². The van der Waals surface area contributed by atoms with Gasteiger partial charge in [-0.1, -0.05) is 42.5 Å². The van der Waals surface area contributed by atoms with E-state index < -0.39 is 0 Å². The van der Waals surface area contributed by atoms with Gasteiger partial charge in [-0.15, -0.1) is 11.3 Å². The summed E-state index contributed by atoms with van der Waals surface area (Å²) in [6, 6.07) is 16.3. The van der Waals surface area contributed by atoms with Gasteiger partial charge in [0.1, 0.15) is 0 Å². The molecule has 0 spiro atoms. The Bertz CT molecular complexity index is 1120. The second-order valence-electron chi connectivity index (χ2n) is 6.88. The molecule has 0 saturated heterocycles. The van der Waals surface area contributed by atoms with Gasteiger partial charge < -0.3 is 5.32 Å². The number of carbonyl (C=O) groups is 1. The van der Waals surface area contributed by atoms with E-state index in [1.54, 1.807) is 11.3 Å². The van der Waals surface area contributed by atoms with E-state index in [1.807, 2.05) is 54.2 Å². The summed E-state index contributed by atoms with van der Waals surface area (Å²) < 4.78 is 1.86. The van der Waals surface area contributed by atoms with Gasteiger partial charge in [0.25, 0.3) is 0 Å². The molecule has 2 heterocycles. The third-order valence-electron chi connectivity index (χ3n) is 4.66. The highest BCUT2D eigenvalue weighted by Gasteiger charge is 2.10. The van der Waals surface area contributed by atoms with Gasteiger partial charge in [-0.2, -0.15) is 5.10 Å². The smallest absolute Gasteiger partial charge is 0.224 e. The van der Waals surface area contributed by atoms with E-state index in [1.165, 1.54) is 0 Å². The minimum Gasteiger partial charge on any atom is -0.355 e. The molecule has 6 heteroatoms. The molecule has 0 radical (unpaired) electrons. The molecular weight excluding hydrogens is 368 g/mol. The van der Waals surface area contributed by atoms with Crippen LogP contribution in [0.3, 0.4) is 0 Å². The molecule has 0 fully saturated rings. The molecule has 0 atom stereocenters. The predicted octanol–water partition coefficient (Wildman–Crippen LogP) is 4.00. The fourth-order valence-corrected chi connectivity index (χ4v) is 4.21. The lowest BCUT2D eigenvalue weighted by Crippen LogP contribution is -2.27. The largest absolute Gasteiger partial charge is 0.355 e. The summed E-state index contributed by atoms with van der Waals surface area (Å²) in [5.74, 6) is 0.0327. The zero-order valence-electron chi connectivity index (χ0n) is 16.0. The summed E-state index contributed by atoms with van der Waals surface area (Å²) >= 11 is 1.57. The number of nitrogens with one attached hydrogen (secondary N) is 1. The Hall–Kier alpha value is -2.99. The Balaban J connectivity index is 1.34. The maximum absolute atomic E-state index is 12.4. The van der Waals surface area contributed by atoms with Gasteiger partial charge >= 0.3 is 0 Å². The number of carbonyl (C=O) groups excluding carboxylic acids is 1. The molecule has 0 unspecified atom stereocenters. The van der Waals surface area contributed by atoms with Crippen LogP contribution in [0.1, 0.15) is 22.6 Å². The topological polar surface area (TPSA) is 59.8 Å². The van der Waals surface area contributed by atoms with Crippen molar-refractivity contribution in [2.45, 2.75) is 26.7 Å². The normalized spacial score (nSPS) is 11.1. The van der Waals surface area contributed by atoms with Gasteiger partial charge in [0.05, 0.1) is 17.8 Å². The van der Waals surface area contributed by atoms with Crippen molar-refractivity contribution in [1.29, 1.82) is 0 Å². The fraction of sp³-hybridized carbons (Fsp3) is 0.227. The maximum Gasteiger partial charge on any atom is 0.224 e. The Morgan fingerprint density at radius 1 is 1.14 bits per heavy atom. The van der Waals surface area contributed by atoms with Crippen molar-refractivity contribution in [3.05, 3.63) is 76.6 Å². The first-order chi connectivity index (χ1) is 13.6. The molecule has 142 valence electrons. The van der Waals surface area contributed by atoms with Gasteiger partial charge in [-0.05, 0) is 36.2 Å². The first-order valence-corrected chi connectivity index (χ1v) is 10.2. The molecule has 1 N–H and O–H groups in total. The van der Waals surface area contributed by atoms with Crippen molar-refractivity contribution in [3.8, 4) is 5.13 Å². The van der Waals surface area contributed by atoms with Gasteiger partial charge in [0.15, 0.2) is 0 Å². The number of fused-ring (bicyclic) bond motifs is 1. The van der Waals surface area contributed by atoms with E-state index >= 15 is 0 Å². The van der Waals surface area contributed by atoms with Crippen LogP contribution in [0.25, 0.3) is 15.9 Å². The third-order valence-corrected chi connectivity index (χ3v) is 5.53. The molecule has 2 aromatic heterocycles. The Labute approximate surface area is 168 Å². The minimum absolute atomic E-state index is 0.0327. The zero-order chi connectivity index (χ0) is 19.5. The van der Waals surface area contributed by atoms with Crippen LogP contribution in [0.5, 0.6) is 0 Å². The lowest BCUT2D eigenvalue weighted by molar-refractivity contribution is -0.120. The van der Waals surface area contributed by atoms with Crippen LogP contribution in [-0.4, -0.2) is 27.2 Å². The average Bonchev–Trinajstić information content (AvgIpc) is 3.28. The van der Waals surface area contributed by atoms with Gasteiger partial charge in [0.2, 0.25) is 11.0 Å². The van der Waals surface area contributed by atoms with Gasteiger partial charge in [-0.3, -0.25) is 4.79 Å². The van der Waals surface area contributed by atoms with E-state index in [-0.39, 0.29) is 5.91 Å². The van der Waals surface area contributed by atoms with E-state index in [0.717, 1.165) is 38.5 Å². The Morgan fingerprint density at radius 3 is 2.79 bits per heavy atom. The third kappa shape index (κ3) is 3.97. The summed E-state index contributed by atoms with van der Waals surface area (Å²) in [7, 11) is 0. The SMILES string of the molecule is Cc1cc(C)n(-c2nc(CCNC(=O)Cc3cccc4ccccc34)cs2)n1. The minimum atomic E-state index is 0.0327. The maximum atomic E-state index is 12.4. The van der Waals surface area contributed by atoms with E-state index in [2.05, 4.69) is 33.6 Å². The molecule has 5 nitrogen and oxygen atoms in total. The van der Waals surface area contributed by atoms with Crippen molar-refractivity contribution in [2.75, 3.05) is 6.54 Å². The van der Waals surface area contributed by atoms with Gasteiger partial charge in [0, 0.05) is 24.0 Å². The molecular formula is C22H22N4OS. The fourth-order valence-electron chi connectivity index (χ4n) is 3.34. The summed E-state index contributed by atoms with van der Waals surface area (Å²) in [5.41, 5.74) is 4.07. The molecule has 28 heavy (non-hydrogen) atoms. The zero-order valence-corrected chi connectivity index (χ0v) is 16.8. The van der Waals surface area contributed by atoms with Crippen LogP contribution in [0.2, 0.25) is 0 Å². The number of amides is 1. The summed E-state index contributed by atoms with van der Waals surface area (Å²) in [6.45, 7) is 4.57. The van der Waals surface area contributed by atoms with Crippen LogP contribution < -0.4 is 5.32 Å². The number of nitrogens with zero attached hydrogens (tertiary/aromatic N) is 3. The number of aryl methyl sites for hydroxylation is 2. The second kappa shape index (κ2) is 7.94. The number of benzene rings is 2. The number of thiazole rings is 1. The highest BCUT2D eigenvalue weighted by Crippen LogP contribution is 2.19. The predicted molar refractivity (Wildman–Crippen MR) is 113 cm³/mol. The number of rotatable bonds is 6. The molecule has 0 saturated carbocycles. The molecule has 0 aliphatic heterocycles. The highest BCUT2D eigenvalue weighted by molar-refractivity contribution is 7.12. The lowest BCUT2D eigenvalue weighted by atomic mass is 10.0. The van der Waals surface area contributed by atoms with E-state index in [4.69, 9.17) is 0 Å². The average molecular weight is 391 g/mol. The van der Waals surface area contributed by atoms with Crippen LogP contribution in [0.4, 0.5) is 0 Å². The van der Waals surface area contributed by atoms with Crippen molar-refractivity contribution < 1.29 is 4.79 Å². The van der Waals surface area contributed by atoms with Crippen LogP contribution in [-0.2, 0) is 17.6 Å². The molecule has 0 bridgehead atoms. The molecule has 0 aliphatic carbocycles. The van der Waals surface area contributed by atoms with Crippen molar-refractivity contribution in [1.82, 2.24) is 20.1 Å². The summed E-state index contributed by atoms with van der Waals surface area (Å²) in [4.78, 5) is 17.0. The monoisotopic (exact) mass is 390 g/mol. The number of hydrogen-bond acceptors (Lipinski definition) is 4. The highest BCUT2D eigenvalue weighted by atomic mass is 32.1. The standard InChI is InChI=1S/C22H22N4OS/c1-15-12-16(2)26(25-15)22-24-19(14-28-22)10-11-23-21(27)13-18-8-5-7-17-6-3-4-9-20(17)18/h3-9,12,14H,10-11,13H2,1-2H3,(H,23,27). The first-order valence-electron chi connectivity index (χ1n) is 9.31. The molecule has 1 amide bonds. The number of hydrogen-bond donors (Lipinski definition) is 1. The van der Waals surface area contributed by atoms with Gasteiger partial charge in [-0.25, -0.2) is 9.67 Å². The molecule has 4 aromatic rings. The molecule has 0 aliphatic rings. The lowest BCUT2D eigenvalue weighted by Gasteiger charge is -2.07. The summed E-state index contributed by atoms with van der Waals surface area (Å²) in [5, 5.41) is 12.7. The first kappa shape index (κ1) is 18.4. The molecule has 2 aromatic carbocycles. The van der Waals surface area contributed by atoms with Crippen LogP contribution in [0.15, 0.2) is 53.9 Å². The second-order valence-corrected chi connectivity index (χ2v) is 7.71. The quantitative estimate of drug-likeness (QED) is 0.541.